The Labute approximate surface area is 93.9 Å². The number of imide groups is 1. The van der Waals surface area contributed by atoms with E-state index in [2.05, 4.69) is 5.32 Å². The van der Waals surface area contributed by atoms with Crippen molar-refractivity contribution in [1.82, 2.24) is 10.2 Å². The van der Waals surface area contributed by atoms with Gasteiger partial charge in [-0.3, -0.25) is 9.69 Å². The minimum Gasteiger partial charge on any atom is -0.323 e. The molecule has 4 nitrogen and oxygen atoms in total. The molecule has 0 atom stereocenters. The summed E-state index contributed by atoms with van der Waals surface area (Å²) < 4.78 is 0. The van der Waals surface area contributed by atoms with Crippen molar-refractivity contribution in [3.63, 3.8) is 0 Å². The Morgan fingerprint density at radius 3 is 2.60 bits per heavy atom. The van der Waals surface area contributed by atoms with Crippen LogP contribution < -0.4 is 5.32 Å². The fourth-order valence-electron chi connectivity index (χ4n) is 2.41. The average Bonchev–Trinajstić information content (AvgIpc) is 2.75. The van der Waals surface area contributed by atoms with E-state index in [4.69, 9.17) is 11.6 Å². The lowest BCUT2D eigenvalue weighted by molar-refractivity contribution is -0.131. The molecule has 1 aliphatic heterocycles. The number of urea groups is 1. The predicted octanol–water partition coefficient (Wildman–Crippen LogP) is 1.48. The Hall–Kier alpha value is -0.770. The lowest BCUT2D eigenvalue weighted by Gasteiger charge is -2.19. The van der Waals surface area contributed by atoms with Crippen LogP contribution in [0.3, 0.4) is 0 Å². The molecule has 1 saturated heterocycles. The molecule has 84 valence electrons. The number of halogens is 1. The molecule has 0 aromatic heterocycles. The summed E-state index contributed by atoms with van der Waals surface area (Å²) in [5, 5.41) is 2.83. The second-order valence-corrected chi connectivity index (χ2v) is 4.60. The molecule has 0 radical (unpaired) electrons. The summed E-state index contributed by atoms with van der Waals surface area (Å²) in [6.45, 7) is 0.440. The van der Waals surface area contributed by atoms with Crippen LogP contribution in [0.2, 0.25) is 0 Å². The van der Waals surface area contributed by atoms with Crippen LogP contribution in [0, 0.1) is 0 Å². The Morgan fingerprint density at radius 1 is 1.33 bits per heavy atom. The molecule has 2 aliphatic rings. The summed E-state index contributed by atoms with van der Waals surface area (Å²) in [5.74, 6) is 0.430. The third-order valence-corrected chi connectivity index (χ3v) is 3.49. The first-order chi connectivity index (χ1) is 7.19. The minimum absolute atomic E-state index is 0.0462. The largest absolute Gasteiger partial charge is 0.325 e. The normalized spacial score (nSPS) is 23.9. The quantitative estimate of drug-likeness (QED) is 0.590. The highest BCUT2D eigenvalue weighted by atomic mass is 35.5. The van der Waals surface area contributed by atoms with Gasteiger partial charge in [0.25, 0.3) is 5.91 Å². The van der Waals surface area contributed by atoms with Gasteiger partial charge in [-0.2, -0.15) is 0 Å². The first-order valence-electron chi connectivity index (χ1n) is 5.40. The summed E-state index contributed by atoms with van der Waals surface area (Å²) >= 11 is 5.56. The lowest BCUT2D eigenvalue weighted by atomic mass is 9.98. The number of carbonyl (C=O) groups excluding carboxylic acids is 2. The standard InChI is InChI=1S/C10H15ClN2O2/c11-6-3-7-13-8(14)10(12-9(13)15)4-1-2-5-10/h1-7H2,(H,12,15). The van der Waals surface area contributed by atoms with E-state index in [9.17, 15) is 9.59 Å². The van der Waals surface area contributed by atoms with Gasteiger partial charge in [-0.1, -0.05) is 12.8 Å². The molecule has 2 rings (SSSR count). The van der Waals surface area contributed by atoms with Gasteiger partial charge in [0.1, 0.15) is 5.54 Å². The van der Waals surface area contributed by atoms with Gasteiger partial charge in [0.15, 0.2) is 0 Å². The maximum Gasteiger partial charge on any atom is 0.325 e. The van der Waals surface area contributed by atoms with E-state index in [-0.39, 0.29) is 11.9 Å². The van der Waals surface area contributed by atoms with Gasteiger partial charge in [0, 0.05) is 12.4 Å². The topological polar surface area (TPSA) is 49.4 Å². The van der Waals surface area contributed by atoms with Gasteiger partial charge in [-0.05, 0) is 19.3 Å². The first kappa shape index (κ1) is 10.7. The van der Waals surface area contributed by atoms with Crippen LogP contribution in [0.5, 0.6) is 0 Å². The molecular weight excluding hydrogens is 216 g/mol. The van der Waals surface area contributed by atoms with Crippen molar-refractivity contribution in [2.75, 3.05) is 12.4 Å². The summed E-state index contributed by atoms with van der Waals surface area (Å²) in [4.78, 5) is 25.0. The van der Waals surface area contributed by atoms with Crippen molar-refractivity contribution in [3.8, 4) is 0 Å². The molecule has 0 bridgehead atoms. The van der Waals surface area contributed by atoms with Gasteiger partial charge >= 0.3 is 6.03 Å². The number of rotatable bonds is 3. The molecule has 0 aromatic rings. The van der Waals surface area contributed by atoms with Gasteiger partial charge in [-0.25, -0.2) is 4.79 Å². The van der Waals surface area contributed by atoms with E-state index in [1.807, 2.05) is 0 Å². The molecule has 15 heavy (non-hydrogen) atoms. The van der Waals surface area contributed by atoms with Crippen molar-refractivity contribution in [3.05, 3.63) is 0 Å². The fraction of sp³-hybridized carbons (Fsp3) is 0.800. The Bertz CT molecular complexity index is 287. The molecular formula is C10H15ClN2O2. The highest BCUT2D eigenvalue weighted by molar-refractivity contribution is 6.17. The highest BCUT2D eigenvalue weighted by Gasteiger charge is 2.51. The zero-order chi connectivity index (χ0) is 10.9. The monoisotopic (exact) mass is 230 g/mol. The van der Waals surface area contributed by atoms with Crippen LogP contribution in [-0.2, 0) is 4.79 Å². The number of hydrogen-bond acceptors (Lipinski definition) is 2. The molecule has 2 fully saturated rings. The van der Waals surface area contributed by atoms with Crippen LogP contribution >= 0.6 is 11.6 Å². The zero-order valence-corrected chi connectivity index (χ0v) is 9.35. The molecule has 5 heteroatoms. The molecule has 0 unspecified atom stereocenters. The second kappa shape index (κ2) is 4.00. The van der Waals surface area contributed by atoms with Gasteiger partial charge in [0.05, 0.1) is 0 Å². The van der Waals surface area contributed by atoms with E-state index in [0.717, 1.165) is 25.7 Å². The van der Waals surface area contributed by atoms with Gasteiger partial charge in [0.2, 0.25) is 0 Å². The number of carbonyl (C=O) groups is 2. The number of nitrogens with one attached hydrogen (secondary N) is 1. The second-order valence-electron chi connectivity index (χ2n) is 4.22. The van der Waals surface area contributed by atoms with E-state index in [0.29, 0.717) is 18.8 Å². The summed E-state index contributed by atoms with van der Waals surface area (Å²) in [6.07, 6.45) is 4.28. The van der Waals surface area contributed by atoms with E-state index >= 15 is 0 Å². The molecule has 3 amide bonds. The SMILES string of the molecule is O=C1NC2(CCCC2)C(=O)N1CCCCl. The van der Waals surface area contributed by atoms with Crippen molar-refractivity contribution in [2.24, 2.45) is 0 Å². The smallest absolute Gasteiger partial charge is 0.323 e. The maximum absolute atomic E-state index is 12.0. The van der Waals surface area contributed by atoms with Crippen molar-refractivity contribution in [2.45, 2.75) is 37.6 Å². The number of amides is 3. The summed E-state index contributed by atoms with van der Waals surface area (Å²) in [7, 11) is 0. The predicted molar refractivity (Wildman–Crippen MR) is 56.8 cm³/mol. The van der Waals surface area contributed by atoms with Gasteiger partial charge < -0.3 is 5.32 Å². The molecule has 1 heterocycles. The molecule has 1 saturated carbocycles. The van der Waals surface area contributed by atoms with E-state index in [1.165, 1.54) is 4.90 Å². The lowest BCUT2D eigenvalue weighted by Crippen LogP contribution is -2.44. The molecule has 1 spiro atoms. The Balaban J connectivity index is 2.08. The Kier molecular flexibility index (Phi) is 2.87. The number of hydrogen-bond donors (Lipinski definition) is 1. The number of alkyl halides is 1. The van der Waals surface area contributed by atoms with Gasteiger partial charge in [-0.15, -0.1) is 11.6 Å². The zero-order valence-electron chi connectivity index (χ0n) is 8.59. The van der Waals surface area contributed by atoms with Crippen LogP contribution in [0.1, 0.15) is 32.1 Å². The first-order valence-corrected chi connectivity index (χ1v) is 5.93. The maximum atomic E-state index is 12.0. The van der Waals surface area contributed by atoms with Crippen LogP contribution in [0.15, 0.2) is 0 Å². The third kappa shape index (κ3) is 1.71. The van der Waals surface area contributed by atoms with Crippen LogP contribution in [0.25, 0.3) is 0 Å². The van der Waals surface area contributed by atoms with E-state index < -0.39 is 5.54 Å². The van der Waals surface area contributed by atoms with Crippen LogP contribution in [-0.4, -0.2) is 34.8 Å². The molecule has 1 aliphatic carbocycles. The fourth-order valence-corrected chi connectivity index (χ4v) is 2.53. The van der Waals surface area contributed by atoms with Crippen molar-refractivity contribution in [1.29, 1.82) is 0 Å². The van der Waals surface area contributed by atoms with Crippen LogP contribution in [0.4, 0.5) is 4.79 Å². The third-order valence-electron chi connectivity index (χ3n) is 3.22. The highest BCUT2D eigenvalue weighted by Crippen LogP contribution is 2.34. The van der Waals surface area contributed by atoms with Crippen molar-refractivity contribution >= 4 is 23.5 Å². The Morgan fingerprint density at radius 2 is 2.00 bits per heavy atom. The average molecular weight is 231 g/mol. The summed E-state index contributed by atoms with van der Waals surface area (Å²) in [5.41, 5.74) is -0.566. The molecule has 1 N–H and O–H groups in total. The molecule has 0 aromatic carbocycles. The van der Waals surface area contributed by atoms with E-state index in [1.54, 1.807) is 0 Å². The minimum atomic E-state index is -0.566. The van der Waals surface area contributed by atoms with Crippen molar-refractivity contribution < 1.29 is 9.59 Å². The number of nitrogens with zero attached hydrogens (tertiary/aromatic N) is 1. The summed E-state index contributed by atoms with van der Waals surface area (Å²) in [6, 6.07) is -0.244.